The first kappa shape index (κ1) is 18.5. The van der Waals surface area contributed by atoms with Gasteiger partial charge in [-0.15, -0.1) is 0 Å². The van der Waals surface area contributed by atoms with Crippen LogP contribution >= 0.6 is 31.9 Å². The van der Waals surface area contributed by atoms with Crippen molar-refractivity contribution in [3.8, 4) is 6.08 Å². The highest BCUT2D eigenvalue weighted by molar-refractivity contribution is 9.24. The number of ether oxygens (including phenoxy) is 1. The summed E-state index contributed by atoms with van der Waals surface area (Å²) in [6, 6.07) is 5.72. The van der Waals surface area contributed by atoms with Gasteiger partial charge in [0.2, 0.25) is 0 Å². The molecule has 0 radical (unpaired) electrons. The van der Waals surface area contributed by atoms with E-state index < -0.39 is 0 Å². The molecule has 23 heavy (non-hydrogen) atoms. The zero-order chi connectivity index (χ0) is 16.8. The second kappa shape index (κ2) is 8.83. The number of hydrogen-bond acceptors (Lipinski definition) is 4. The zero-order valence-electron chi connectivity index (χ0n) is 13.4. The van der Waals surface area contributed by atoms with E-state index in [2.05, 4.69) is 36.8 Å². The van der Waals surface area contributed by atoms with Crippen molar-refractivity contribution in [2.75, 3.05) is 6.61 Å². The molecule has 4 nitrogen and oxygen atoms in total. The van der Waals surface area contributed by atoms with Gasteiger partial charge in [-0.1, -0.05) is 64.3 Å². The van der Waals surface area contributed by atoms with E-state index >= 15 is 0 Å². The van der Waals surface area contributed by atoms with Crippen LogP contribution in [0.15, 0.2) is 27.4 Å². The smallest absolute Gasteiger partial charge is 0.397 e. The van der Waals surface area contributed by atoms with Gasteiger partial charge in [0.25, 0.3) is 0 Å². The van der Waals surface area contributed by atoms with Gasteiger partial charge in [-0.2, -0.15) is 4.98 Å². The fourth-order valence-corrected chi connectivity index (χ4v) is 2.94. The summed E-state index contributed by atoms with van der Waals surface area (Å²) in [6.45, 7) is 4.53. The molecule has 0 atom stereocenters. The number of unbranched alkanes of at least 4 members (excludes halogenated alkanes) is 1. The SMILES string of the molecule is CC(C)COc1nc2cccc(CCCCC(Br)Br)c2c(=O)o1. The van der Waals surface area contributed by atoms with E-state index in [1.54, 1.807) is 0 Å². The number of aryl methyl sites for hydroxylation is 1. The van der Waals surface area contributed by atoms with Crippen LogP contribution in [-0.2, 0) is 6.42 Å². The first-order valence-electron chi connectivity index (χ1n) is 7.81. The third kappa shape index (κ3) is 5.60. The maximum absolute atomic E-state index is 12.3. The zero-order valence-corrected chi connectivity index (χ0v) is 16.5. The third-order valence-electron chi connectivity index (χ3n) is 3.38. The normalized spacial score (nSPS) is 11.6. The van der Waals surface area contributed by atoms with E-state index in [0.29, 0.717) is 27.2 Å². The van der Waals surface area contributed by atoms with Crippen molar-refractivity contribution in [3.63, 3.8) is 0 Å². The Kier molecular flexibility index (Phi) is 7.09. The standard InChI is InChI=1S/C17H21Br2NO3/c1-11(2)10-22-17-20-13-8-5-7-12(15(13)16(21)23-17)6-3-4-9-14(18)19/h5,7-8,11,14H,3-4,6,9-10H2,1-2H3. The molecule has 0 saturated carbocycles. The summed E-state index contributed by atoms with van der Waals surface area (Å²) in [7, 11) is 0. The number of hydrogen-bond donors (Lipinski definition) is 0. The average Bonchev–Trinajstić information content (AvgIpc) is 2.49. The Labute approximate surface area is 152 Å². The van der Waals surface area contributed by atoms with Crippen molar-refractivity contribution >= 4 is 42.8 Å². The first-order valence-corrected chi connectivity index (χ1v) is 9.64. The van der Waals surface area contributed by atoms with Crippen LogP contribution in [0.5, 0.6) is 6.08 Å². The number of alkyl halides is 2. The number of benzene rings is 1. The lowest BCUT2D eigenvalue weighted by Crippen LogP contribution is -2.10. The topological polar surface area (TPSA) is 52.3 Å². The molecule has 0 N–H and O–H groups in total. The highest BCUT2D eigenvalue weighted by Crippen LogP contribution is 2.21. The molecule has 126 valence electrons. The molecule has 2 rings (SSSR count). The summed E-state index contributed by atoms with van der Waals surface area (Å²) in [5.41, 5.74) is 1.25. The van der Waals surface area contributed by atoms with E-state index in [0.717, 1.165) is 31.2 Å². The van der Waals surface area contributed by atoms with Gasteiger partial charge in [0.1, 0.15) is 0 Å². The molecule has 2 aromatic rings. The van der Waals surface area contributed by atoms with Crippen molar-refractivity contribution in [3.05, 3.63) is 34.2 Å². The fraction of sp³-hybridized carbons (Fsp3) is 0.529. The molecule has 1 aromatic carbocycles. The van der Waals surface area contributed by atoms with Gasteiger partial charge in [-0.25, -0.2) is 4.79 Å². The Hall–Kier alpha value is -0.880. The minimum atomic E-state index is -0.372. The maximum atomic E-state index is 12.3. The van der Waals surface area contributed by atoms with Gasteiger partial charge in [-0.05, 0) is 36.8 Å². The molecule has 0 aliphatic heterocycles. The molecule has 0 saturated heterocycles. The average molecular weight is 447 g/mol. The Bertz CT molecular complexity index is 698. The summed E-state index contributed by atoms with van der Waals surface area (Å²) >= 11 is 6.95. The molecule has 0 unspecified atom stereocenters. The number of rotatable bonds is 8. The molecule has 0 aliphatic rings. The monoisotopic (exact) mass is 445 g/mol. The lowest BCUT2D eigenvalue weighted by atomic mass is 10.0. The largest absolute Gasteiger partial charge is 0.450 e. The van der Waals surface area contributed by atoms with Crippen LogP contribution in [0, 0.1) is 5.92 Å². The van der Waals surface area contributed by atoms with E-state index in [9.17, 15) is 4.79 Å². The molecular formula is C17H21Br2NO3. The van der Waals surface area contributed by atoms with Gasteiger partial charge in [0, 0.05) is 0 Å². The molecule has 0 bridgehead atoms. The van der Waals surface area contributed by atoms with Crippen LogP contribution in [0.1, 0.15) is 38.7 Å². The minimum Gasteiger partial charge on any atom is -0.450 e. The third-order valence-corrected chi connectivity index (χ3v) is 4.30. The predicted octanol–water partition coefficient (Wildman–Crippen LogP) is 5.05. The quantitative estimate of drug-likeness (QED) is 0.420. The second-order valence-corrected chi connectivity index (χ2v) is 9.36. The maximum Gasteiger partial charge on any atom is 0.397 e. The van der Waals surface area contributed by atoms with Crippen LogP contribution in [-0.4, -0.2) is 15.3 Å². The van der Waals surface area contributed by atoms with Gasteiger partial charge in [0.15, 0.2) is 0 Å². The van der Waals surface area contributed by atoms with E-state index in [1.165, 1.54) is 0 Å². The van der Waals surface area contributed by atoms with Gasteiger partial charge in [-0.3, -0.25) is 0 Å². The summed E-state index contributed by atoms with van der Waals surface area (Å²) in [6.07, 6.45) is 4.02. The van der Waals surface area contributed by atoms with Crippen LogP contribution in [0.25, 0.3) is 10.9 Å². The van der Waals surface area contributed by atoms with E-state index in [1.807, 2.05) is 32.0 Å². The molecular weight excluding hydrogens is 426 g/mol. The summed E-state index contributed by atoms with van der Waals surface area (Å²) in [5, 5.41) is 0.568. The summed E-state index contributed by atoms with van der Waals surface area (Å²) in [5.74, 6) is 0.344. The summed E-state index contributed by atoms with van der Waals surface area (Å²) in [4.78, 5) is 16.6. The molecule has 0 fully saturated rings. The summed E-state index contributed by atoms with van der Waals surface area (Å²) < 4.78 is 11.0. The molecule has 0 amide bonds. The van der Waals surface area contributed by atoms with Gasteiger partial charge in [0.05, 0.1) is 21.2 Å². The van der Waals surface area contributed by atoms with Crippen molar-refractivity contribution in [2.45, 2.75) is 43.3 Å². The molecule has 6 heteroatoms. The first-order chi connectivity index (χ1) is 11.0. The van der Waals surface area contributed by atoms with Crippen LogP contribution in [0.2, 0.25) is 0 Å². The Morgan fingerprint density at radius 3 is 2.74 bits per heavy atom. The van der Waals surface area contributed by atoms with Crippen LogP contribution in [0.4, 0.5) is 0 Å². The Balaban J connectivity index is 2.18. The lowest BCUT2D eigenvalue weighted by Gasteiger charge is -2.08. The predicted molar refractivity (Wildman–Crippen MR) is 99.8 cm³/mol. The fourth-order valence-electron chi connectivity index (χ4n) is 2.29. The van der Waals surface area contributed by atoms with Gasteiger partial charge >= 0.3 is 11.7 Å². The number of aromatic nitrogens is 1. The number of halogens is 2. The lowest BCUT2D eigenvalue weighted by molar-refractivity contribution is 0.191. The van der Waals surface area contributed by atoms with Crippen molar-refractivity contribution in [1.82, 2.24) is 4.98 Å². The van der Waals surface area contributed by atoms with Crippen molar-refractivity contribution < 1.29 is 9.15 Å². The number of fused-ring (bicyclic) bond motifs is 1. The van der Waals surface area contributed by atoms with Gasteiger partial charge < -0.3 is 9.15 Å². The van der Waals surface area contributed by atoms with Crippen LogP contribution in [0.3, 0.4) is 0 Å². The minimum absolute atomic E-state index is 0.0507. The van der Waals surface area contributed by atoms with E-state index in [4.69, 9.17) is 9.15 Å². The van der Waals surface area contributed by atoms with Crippen LogP contribution < -0.4 is 10.4 Å². The highest BCUT2D eigenvalue weighted by Gasteiger charge is 2.12. The van der Waals surface area contributed by atoms with E-state index in [-0.39, 0.29) is 11.7 Å². The van der Waals surface area contributed by atoms with Crippen molar-refractivity contribution in [1.29, 1.82) is 0 Å². The number of nitrogens with zero attached hydrogens (tertiary/aromatic N) is 1. The Morgan fingerprint density at radius 1 is 1.26 bits per heavy atom. The molecule has 0 spiro atoms. The molecule has 1 aromatic heterocycles. The second-order valence-electron chi connectivity index (χ2n) is 5.92. The Morgan fingerprint density at radius 2 is 2.04 bits per heavy atom. The molecule has 0 aliphatic carbocycles. The molecule has 1 heterocycles. The highest BCUT2D eigenvalue weighted by atomic mass is 79.9. The van der Waals surface area contributed by atoms with Crippen molar-refractivity contribution in [2.24, 2.45) is 5.92 Å².